The lowest BCUT2D eigenvalue weighted by atomic mass is 9.90. The van der Waals surface area contributed by atoms with Crippen molar-refractivity contribution in [1.29, 1.82) is 0 Å². The van der Waals surface area contributed by atoms with Gasteiger partial charge in [-0.1, -0.05) is 17.7 Å². The number of anilines is 2. The fraction of sp³-hybridized carbons (Fsp3) is 0.548. The molecule has 3 aromatic heterocycles. The molecule has 0 spiro atoms. The van der Waals surface area contributed by atoms with E-state index in [1.165, 1.54) is 0 Å². The molecule has 1 aliphatic heterocycles. The molecule has 3 aliphatic rings. The summed E-state index contributed by atoms with van der Waals surface area (Å²) in [6, 6.07) is 6.45. The van der Waals surface area contributed by atoms with Crippen LogP contribution in [0.3, 0.4) is 0 Å². The van der Waals surface area contributed by atoms with Crippen molar-refractivity contribution in [2.75, 3.05) is 38.2 Å². The predicted octanol–water partition coefficient (Wildman–Crippen LogP) is 3.91. The van der Waals surface area contributed by atoms with E-state index in [0.717, 1.165) is 76.0 Å². The summed E-state index contributed by atoms with van der Waals surface area (Å²) >= 11 is 6.44. The van der Waals surface area contributed by atoms with Crippen LogP contribution in [0.4, 0.5) is 11.6 Å². The quantitative estimate of drug-likeness (QED) is 0.229. The molecule has 1 unspecified atom stereocenters. The molecule has 2 aliphatic carbocycles. The van der Waals surface area contributed by atoms with E-state index in [1.54, 1.807) is 29.5 Å². The molecule has 4 heterocycles. The highest BCUT2D eigenvalue weighted by molar-refractivity contribution is 6.32. The summed E-state index contributed by atoms with van der Waals surface area (Å²) in [7, 11) is 0. The van der Waals surface area contributed by atoms with E-state index in [4.69, 9.17) is 30.9 Å². The third-order valence-corrected chi connectivity index (χ3v) is 9.24. The number of ether oxygens (including phenoxy) is 3. The third kappa shape index (κ3) is 7.41. The van der Waals surface area contributed by atoms with Crippen molar-refractivity contribution < 1.29 is 19.3 Å². The fourth-order valence-corrected chi connectivity index (χ4v) is 6.26. The van der Waals surface area contributed by atoms with Crippen LogP contribution in [0.25, 0.3) is 11.1 Å². The lowest BCUT2D eigenvalue weighted by Gasteiger charge is -2.38. The van der Waals surface area contributed by atoms with Gasteiger partial charge in [-0.25, -0.2) is 14.6 Å². The van der Waals surface area contributed by atoms with E-state index < -0.39 is 5.60 Å². The van der Waals surface area contributed by atoms with Gasteiger partial charge >= 0.3 is 0 Å². The normalized spacial score (nSPS) is 21.9. The zero-order chi connectivity index (χ0) is 31.5. The number of aromatic nitrogens is 8. The van der Waals surface area contributed by atoms with Crippen LogP contribution in [0.2, 0.25) is 5.02 Å². The molecule has 1 saturated heterocycles. The van der Waals surface area contributed by atoms with Crippen LogP contribution in [-0.2, 0) is 11.3 Å². The van der Waals surface area contributed by atoms with E-state index in [9.17, 15) is 5.11 Å². The van der Waals surface area contributed by atoms with Crippen molar-refractivity contribution in [3.8, 4) is 22.8 Å². The van der Waals surface area contributed by atoms with Crippen molar-refractivity contribution in [1.82, 2.24) is 44.9 Å². The van der Waals surface area contributed by atoms with Gasteiger partial charge in [-0.2, -0.15) is 0 Å². The average molecular weight is 651 g/mol. The number of rotatable bonds is 12. The molecule has 3 fully saturated rings. The molecule has 14 nitrogen and oxygen atoms in total. The van der Waals surface area contributed by atoms with Crippen LogP contribution in [0.15, 0.2) is 43.1 Å². The Labute approximate surface area is 272 Å². The maximum absolute atomic E-state index is 10.4. The number of benzene rings is 1. The molecule has 15 heteroatoms. The van der Waals surface area contributed by atoms with Gasteiger partial charge in [0.05, 0.1) is 42.6 Å². The number of nitrogens with zero attached hydrogens (tertiary/aromatic N) is 9. The van der Waals surface area contributed by atoms with Crippen molar-refractivity contribution >= 4 is 23.2 Å². The minimum atomic E-state index is -0.762. The number of halogens is 1. The number of nitrogens with one attached hydrogen (secondary N) is 1. The van der Waals surface area contributed by atoms with Crippen LogP contribution in [0, 0.1) is 0 Å². The molecule has 1 aromatic carbocycles. The lowest BCUT2D eigenvalue weighted by molar-refractivity contribution is 0.00500. The van der Waals surface area contributed by atoms with Gasteiger partial charge in [0.15, 0.2) is 0 Å². The fourth-order valence-electron chi connectivity index (χ4n) is 6.09. The van der Waals surface area contributed by atoms with E-state index in [-0.39, 0.29) is 18.8 Å². The van der Waals surface area contributed by atoms with Crippen LogP contribution < -0.4 is 14.8 Å². The van der Waals surface area contributed by atoms with Gasteiger partial charge in [-0.3, -0.25) is 9.58 Å². The highest BCUT2D eigenvalue weighted by Crippen LogP contribution is 2.38. The molecular formula is C31H39ClN10O4. The second-order valence-electron chi connectivity index (χ2n) is 12.5. The summed E-state index contributed by atoms with van der Waals surface area (Å²) in [5, 5.41) is 30.2. The molecule has 0 bridgehead atoms. The summed E-state index contributed by atoms with van der Waals surface area (Å²) in [5.41, 5.74) is 1.58. The van der Waals surface area contributed by atoms with E-state index >= 15 is 0 Å². The highest BCUT2D eigenvalue weighted by atomic mass is 35.5. The van der Waals surface area contributed by atoms with Gasteiger partial charge in [0, 0.05) is 37.1 Å². The number of morpholine rings is 1. The summed E-state index contributed by atoms with van der Waals surface area (Å²) in [6.07, 6.45) is 12.6. The van der Waals surface area contributed by atoms with E-state index in [1.807, 2.05) is 29.9 Å². The topological polar surface area (TPSA) is 150 Å². The van der Waals surface area contributed by atoms with Gasteiger partial charge in [0.1, 0.15) is 30.5 Å². The molecule has 1 atom stereocenters. The first-order valence-electron chi connectivity index (χ1n) is 15.9. The molecule has 0 amide bonds. The molecule has 0 radical (unpaired) electrons. The first-order valence-corrected chi connectivity index (χ1v) is 16.3. The van der Waals surface area contributed by atoms with Gasteiger partial charge in [0.25, 0.3) is 5.88 Å². The van der Waals surface area contributed by atoms with Gasteiger partial charge in [-0.05, 0) is 73.6 Å². The third-order valence-electron chi connectivity index (χ3n) is 8.93. The Bertz CT molecular complexity index is 1580. The van der Waals surface area contributed by atoms with E-state index in [0.29, 0.717) is 40.9 Å². The number of hydrogen-bond donors (Lipinski definition) is 2. The maximum atomic E-state index is 10.4. The average Bonchev–Trinajstić information content (AvgIpc) is 3.41. The summed E-state index contributed by atoms with van der Waals surface area (Å²) < 4.78 is 21.3. The van der Waals surface area contributed by atoms with Crippen LogP contribution >= 0.6 is 11.6 Å². The standard InChI is InChI=1S/C31H39ClN10O4/c1-21(17-41-20-35-38-39-41)46-28-14-22(2-7-26(28)32)23-15-33-30(34-16-23)36-27-18-42(37-29(27)45-19-31(43)8-9-31)25-5-3-24(4-6-25)40-10-12-44-13-11-40/h2,7,14-16,18,20-21,24-25,43H,3-6,8-13,17,19H2,1H3,(H,33,34,36). The van der Waals surface area contributed by atoms with Gasteiger partial charge in [-0.15, -0.1) is 10.2 Å². The van der Waals surface area contributed by atoms with E-state index in [2.05, 4.69) is 35.7 Å². The summed E-state index contributed by atoms with van der Waals surface area (Å²) in [5.74, 6) is 1.40. The Hall–Kier alpha value is -3.85. The van der Waals surface area contributed by atoms with Gasteiger partial charge < -0.3 is 24.6 Å². The van der Waals surface area contributed by atoms with Crippen LogP contribution in [0.1, 0.15) is 51.5 Å². The smallest absolute Gasteiger partial charge is 0.257 e. The summed E-state index contributed by atoms with van der Waals surface area (Å²) in [4.78, 5) is 11.7. The Kier molecular flexibility index (Phi) is 9.02. The number of tetrazole rings is 1. The van der Waals surface area contributed by atoms with Crippen LogP contribution in [-0.4, -0.2) is 101 Å². The molecular weight excluding hydrogens is 612 g/mol. The molecule has 244 valence electrons. The Morgan fingerprint density at radius 3 is 2.57 bits per heavy atom. The van der Waals surface area contributed by atoms with Gasteiger partial charge in [0.2, 0.25) is 5.95 Å². The first-order chi connectivity index (χ1) is 22.4. The lowest BCUT2D eigenvalue weighted by Crippen LogP contribution is -2.45. The van der Waals surface area contributed by atoms with Crippen molar-refractivity contribution in [3.05, 3.63) is 48.1 Å². The molecule has 7 rings (SSSR count). The molecule has 2 saturated carbocycles. The van der Waals surface area contributed by atoms with Crippen molar-refractivity contribution in [3.63, 3.8) is 0 Å². The molecule has 46 heavy (non-hydrogen) atoms. The molecule has 4 aromatic rings. The van der Waals surface area contributed by atoms with Crippen LogP contribution in [0.5, 0.6) is 11.6 Å². The SMILES string of the molecule is CC(Cn1cnnn1)Oc1cc(-c2cnc(Nc3cn(C4CCC(N5CCOCC5)CC4)nc3OCC3(O)CC3)nc2)ccc1Cl. The second kappa shape index (κ2) is 13.5. The highest BCUT2D eigenvalue weighted by Gasteiger charge is 2.41. The first kappa shape index (κ1) is 30.8. The van der Waals surface area contributed by atoms with Crippen molar-refractivity contribution in [2.45, 2.75) is 75.8 Å². The Morgan fingerprint density at radius 1 is 1.09 bits per heavy atom. The largest absolute Gasteiger partial charge is 0.487 e. The minimum absolute atomic E-state index is 0.206. The monoisotopic (exact) mass is 650 g/mol. The second-order valence-corrected chi connectivity index (χ2v) is 12.9. The Balaban J connectivity index is 1.03. The number of hydrogen-bond acceptors (Lipinski definition) is 12. The summed E-state index contributed by atoms with van der Waals surface area (Å²) in [6.45, 7) is 6.28. The Morgan fingerprint density at radius 2 is 1.85 bits per heavy atom. The predicted molar refractivity (Wildman–Crippen MR) is 169 cm³/mol. The number of aliphatic hydroxyl groups is 1. The zero-order valence-corrected chi connectivity index (χ0v) is 26.6. The maximum Gasteiger partial charge on any atom is 0.257 e. The van der Waals surface area contributed by atoms with Crippen molar-refractivity contribution in [2.24, 2.45) is 0 Å². The zero-order valence-electron chi connectivity index (χ0n) is 25.8. The minimum Gasteiger partial charge on any atom is -0.487 e. The molecule has 2 N–H and O–H groups in total.